The monoisotopic (exact) mass is 323 g/mol. The fourth-order valence-corrected chi connectivity index (χ4v) is 2.71. The molecule has 0 aromatic heterocycles. The van der Waals surface area contributed by atoms with Gasteiger partial charge in [0.05, 0.1) is 6.54 Å². The third kappa shape index (κ3) is 3.99. The van der Waals surface area contributed by atoms with Crippen LogP contribution in [0, 0.1) is 5.92 Å². The van der Waals surface area contributed by atoms with Crippen LogP contribution >= 0.6 is 12.4 Å². The standard InChI is InChI=1S/C16H21N3O2.ClH/c20-14(11-17-10-12-6-7-12)19-9-8-18-16(21)15(19)13-4-2-1-3-5-13;/h1-5,12,15,17H,6-11H2,(H,18,21);1H. The molecular formula is C16H22ClN3O2. The summed E-state index contributed by atoms with van der Waals surface area (Å²) in [5, 5.41) is 6.05. The van der Waals surface area contributed by atoms with E-state index in [1.165, 1.54) is 12.8 Å². The molecule has 1 saturated heterocycles. The number of rotatable bonds is 5. The first-order valence-corrected chi connectivity index (χ1v) is 7.58. The Morgan fingerprint density at radius 1 is 1.27 bits per heavy atom. The highest BCUT2D eigenvalue weighted by Gasteiger charge is 2.34. The predicted octanol–water partition coefficient (Wildman–Crippen LogP) is 1.11. The van der Waals surface area contributed by atoms with E-state index in [0.29, 0.717) is 19.6 Å². The fraction of sp³-hybridized carbons (Fsp3) is 0.500. The highest BCUT2D eigenvalue weighted by Crippen LogP contribution is 2.27. The zero-order valence-corrected chi connectivity index (χ0v) is 13.3. The van der Waals surface area contributed by atoms with E-state index in [-0.39, 0.29) is 24.2 Å². The van der Waals surface area contributed by atoms with E-state index in [4.69, 9.17) is 0 Å². The molecule has 0 bridgehead atoms. The maximum Gasteiger partial charge on any atom is 0.247 e. The van der Waals surface area contributed by atoms with Crippen molar-refractivity contribution in [3.05, 3.63) is 35.9 Å². The molecule has 1 aliphatic carbocycles. The fourth-order valence-electron chi connectivity index (χ4n) is 2.71. The maximum absolute atomic E-state index is 12.4. The Bertz CT molecular complexity index is 519. The molecular weight excluding hydrogens is 302 g/mol. The zero-order chi connectivity index (χ0) is 14.7. The van der Waals surface area contributed by atoms with Gasteiger partial charge in [-0.1, -0.05) is 30.3 Å². The Kier molecular flexibility index (Phi) is 5.80. The first kappa shape index (κ1) is 16.8. The lowest BCUT2D eigenvalue weighted by atomic mass is 10.0. The van der Waals surface area contributed by atoms with E-state index >= 15 is 0 Å². The van der Waals surface area contributed by atoms with Gasteiger partial charge in [0.2, 0.25) is 11.8 Å². The molecule has 0 spiro atoms. The number of nitrogens with zero attached hydrogens (tertiary/aromatic N) is 1. The second-order valence-corrected chi connectivity index (χ2v) is 5.77. The number of nitrogens with one attached hydrogen (secondary N) is 2. The van der Waals surface area contributed by atoms with Crippen molar-refractivity contribution < 1.29 is 9.59 Å². The SMILES string of the molecule is Cl.O=C1NCCN(C(=O)CNCC2CC2)C1c1ccccc1. The lowest BCUT2D eigenvalue weighted by Gasteiger charge is -2.35. The summed E-state index contributed by atoms with van der Waals surface area (Å²) >= 11 is 0. The number of halogens is 1. The molecule has 2 amide bonds. The van der Waals surface area contributed by atoms with Gasteiger partial charge in [-0.05, 0) is 30.9 Å². The van der Waals surface area contributed by atoms with Crippen LogP contribution in [0.3, 0.4) is 0 Å². The number of hydrogen-bond acceptors (Lipinski definition) is 3. The van der Waals surface area contributed by atoms with Gasteiger partial charge in [0.25, 0.3) is 0 Å². The van der Waals surface area contributed by atoms with Gasteiger partial charge in [0, 0.05) is 13.1 Å². The van der Waals surface area contributed by atoms with Crippen molar-refractivity contribution in [2.24, 2.45) is 5.92 Å². The normalized spacial score (nSPS) is 21.0. The molecule has 1 aliphatic heterocycles. The predicted molar refractivity (Wildman–Crippen MR) is 86.7 cm³/mol. The Hall–Kier alpha value is -1.59. The van der Waals surface area contributed by atoms with Crippen LogP contribution in [0.15, 0.2) is 30.3 Å². The second kappa shape index (κ2) is 7.61. The van der Waals surface area contributed by atoms with E-state index in [9.17, 15) is 9.59 Å². The van der Waals surface area contributed by atoms with Gasteiger partial charge in [-0.2, -0.15) is 0 Å². The molecule has 0 radical (unpaired) electrons. The third-order valence-electron chi connectivity index (χ3n) is 4.05. The number of piperazine rings is 1. The van der Waals surface area contributed by atoms with E-state index in [0.717, 1.165) is 18.0 Å². The summed E-state index contributed by atoms with van der Waals surface area (Å²) in [6.07, 6.45) is 2.53. The Balaban J connectivity index is 0.00000176. The molecule has 1 heterocycles. The van der Waals surface area contributed by atoms with Crippen LogP contribution in [0.4, 0.5) is 0 Å². The van der Waals surface area contributed by atoms with Gasteiger partial charge in [0.15, 0.2) is 0 Å². The van der Waals surface area contributed by atoms with Crippen LogP contribution in [0.1, 0.15) is 24.4 Å². The molecule has 5 nitrogen and oxygen atoms in total. The van der Waals surface area contributed by atoms with Crippen LogP contribution in [0.25, 0.3) is 0 Å². The first-order valence-electron chi connectivity index (χ1n) is 7.58. The topological polar surface area (TPSA) is 61.4 Å². The molecule has 22 heavy (non-hydrogen) atoms. The van der Waals surface area contributed by atoms with Crippen molar-refractivity contribution in [2.45, 2.75) is 18.9 Å². The van der Waals surface area contributed by atoms with E-state index in [1.54, 1.807) is 4.90 Å². The lowest BCUT2D eigenvalue weighted by Crippen LogP contribution is -2.54. The Morgan fingerprint density at radius 3 is 2.68 bits per heavy atom. The average Bonchev–Trinajstić information content (AvgIpc) is 3.32. The average molecular weight is 324 g/mol. The van der Waals surface area contributed by atoms with E-state index in [1.807, 2.05) is 30.3 Å². The molecule has 1 atom stereocenters. The highest BCUT2D eigenvalue weighted by atomic mass is 35.5. The van der Waals surface area contributed by atoms with Crippen LogP contribution in [0.2, 0.25) is 0 Å². The highest BCUT2D eigenvalue weighted by molar-refractivity contribution is 5.90. The smallest absolute Gasteiger partial charge is 0.247 e. The Morgan fingerprint density at radius 2 is 2.00 bits per heavy atom. The summed E-state index contributed by atoms with van der Waals surface area (Å²) in [4.78, 5) is 26.3. The minimum atomic E-state index is -0.504. The van der Waals surface area contributed by atoms with Crippen molar-refractivity contribution in [3.63, 3.8) is 0 Å². The van der Waals surface area contributed by atoms with Crippen molar-refractivity contribution in [2.75, 3.05) is 26.2 Å². The van der Waals surface area contributed by atoms with Crippen molar-refractivity contribution in [1.29, 1.82) is 0 Å². The number of carbonyl (C=O) groups is 2. The molecule has 2 fully saturated rings. The summed E-state index contributed by atoms with van der Waals surface area (Å²) < 4.78 is 0. The molecule has 1 saturated carbocycles. The van der Waals surface area contributed by atoms with Gasteiger partial charge < -0.3 is 15.5 Å². The van der Waals surface area contributed by atoms with Crippen LogP contribution < -0.4 is 10.6 Å². The molecule has 120 valence electrons. The molecule has 1 aromatic rings. The largest absolute Gasteiger partial charge is 0.352 e. The van der Waals surface area contributed by atoms with Gasteiger partial charge in [-0.25, -0.2) is 0 Å². The quantitative estimate of drug-likeness (QED) is 0.853. The van der Waals surface area contributed by atoms with Gasteiger partial charge in [-0.15, -0.1) is 12.4 Å². The second-order valence-electron chi connectivity index (χ2n) is 5.77. The van der Waals surface area contributed by atoms with E-state index < -0.39 is 6.04 Å². The molecule has 2 aliphatic rings. The number of carbonyl (C=O) groups excluding carboxylic acids is 2. The van der Waals surface area contributed by atoms with Crippen LogP contribution in [0.5, 0.6) is 0 Å². The van der Waals surface area contributed by atoms with Gasteiger partial charge in [0.1, 0.15) is 6.04 Å². The van der Waals surface area contributed by atoms with Crippen molar-refractivity contribution in [3.8, 4) is 0 Å². The van der Waals surface area contributed by atoms with Crippen LogP contribution in [-0.4, -0.2) is 42.9 Å². The summed E-state index contributed by atoms with van der Waals surface area (Å²) in [7, 11) is 0. The first-order chi connectivity index (χ1) is 10.3. The minimum Gasteiger partial charge on any atom is -0.352 e. The summed E-state index contributed by atoms with van der Waals surface area (Å²) in [5.74, 6) is 0.648. The number of amides is 2. The summed E-state index contributed by atoms with van der Waals surface area (Å²) in [6.45, 7) is 2.31. The maximum atomic E-state index is 12.4. The van der Waals surface area contributed by atoms with Gasteiger partial charge in [-0.3, -0.25) is 9.59 Å². The summed E-state index contributed by atoms with van der Waals surface area (Å²) in [6, 6.07) is 8.99. The number of hydrogen-bond donors (Lipinski definition) is 2. The molecule has 6 heteroatoms. The lowest BCUT2D eigenvalue weighted by molar-refractivity contribution is -0.142. The van der Waals surface area contributed by atoms with Crippen molar-refractivity contribution >= 4 is 24.2 Å². The van der Waals surface area contributed by atoms with Crippen molar-refractivity contribution in [1.82, 2.24) is 15.5 Å². The number of benzene rings is 1. The van der Waals surface area contributed by atoms with E-state index in [2.05, 4.69) is 10.6 Å². The third-order valence-corrected chi connectivity index (χ3v) is 4.05. The molecule has 3 rings (SSSR count). The Labute approximate surface area is 136 Å². The van der Waals surface area contributed by atoms with Crippen LogP contribution in [-0.2, 0) is 9.59 Å². The minimum absolute atomic E-state index is 0. The molecule has 2 N–H and O–H groups in total. The van der Waals surface area contributed by atoms with Gasteiger partial charge >= 0.3 is 0 Å². The molecule has 1 aromatic carbocycles. The molecule has 1 unspecified atom stereocenters. The summed E-state index contributed by atoms with van der Waals surface area (Å²) in [5.41, 5.74) is 0.866. The zero-order valence-electron chi connectivity index (χ0n) is 12.5.